The van der Waals surface area contributed by atoms with Crippen LogP contribution < -0.4 is 4.74 Å². The van der Waals surface area contributed by atoms with E-state index >= 15 is 0 Å². The number of carbonyl (C=O) groups excluding carboxylic acids is 1. The minimum absolute atomic E-state index is 0.115. The minimum Gasteiger partial charge on any atom is -0.481 e. The number of hydrogen-bond donors (Lipinski definition) is 0. The van der Waals surface area contributed by atoms with E-state index in [1.54, 1.807) is 28.8 Å². The zero-order valence-electron chi connectivity index (χ0n) is 13.7. The molecule has 0 saturated carbocycles. The zero-order chi connectivity index (χ0) is 17.8. The smallest absolute Gasteiger partial charge is 0.255 e. The van der Waals surface area contributed by atoms with Crippen LogP contribution in [0.15, 0.2) is 36.5 Å². The van der Waals surface area contributed by atoms with Crippen LogP contribution in [0.4, 0.5) is 8.78 Å². The molecule has 1 fully saturated rings. The molecule has 0 bridgehead atoms. The van der Waals surface area contributed by atoms with Gasteiger partial charge in [0.1, 0.15) is 11.6 Å². The highest BCUT2D eigenvalue weighted by Gasteiger charge is 2.25. The highest BCUT2D eigenvalue weighted by atomic mass is 32.2. The maximum absolute atomic E-state index is 14.0. The van der Waals surface area contributed by atoms with Crippen LogP contribution in [0, 0.1) is 11.6 Å². The van der Waals surface area contributed by atoms with Crippen molar-refractivity contribution in [3.05, 3.63) is 59.3 Å². The summed E-state index contributed by atoms with van der Waals surface area (Å²) in [6.07, 6.45) is 2.06. The van der Waals surface area contributed by atoms with Crippen molar-refractivity contribution in [2.24, 2.45) is 0 Å². The first-order valence-electron chi connectivity index (χ1n) is 7.94. The Morgan fingerprint density at radius 1 is 1.28 bits per heavy atom. The summed E-state index contributed by atoms with van der Waals surface area (Å²) in [4.78, 5) is 18.4. The van der Waals surface area contributed by atoms with E-state index < -0.39 is 11.6 Å². The van der Waals surface area contributed by atoms with Crippen LogP contribution in [0.3, 0.4) is 0 Å². The van der Waals surface area contributed by atoms with E-state index in [4.69, 9.17) is 4.74 Å². The molecule has 1 amide bonds. The fourth-order valence-electron chi connectivity index (χ4n) is 2.79. The van der Waals surface area contributed by atoms with Crippen molar-refractivity contribution in [1.29, 1.82) is 0 Å². The second kappa shape index (κ2) is 7.82. The second-order valence-corrected chi connectivity index (χ2v) is 7.01. The van der Waals surface area contributed by atoms with Crippen LogP contribution in [-0.4, -0.2) is 41.7 Å². The Morgan fingerprint density at radius 2 is 2.12 bits per heavy atom. The molecule has 4 nitrogen and oxygen atoms in total. The number of thioether (sulfide) groups is 1. The number of amides is 1. The molecule has 1 unspecified atom stereocenters. The van der Waals surface area contributed by atoms with Crippen LogP contribution in [0.25, 0.3) is 0 Å². The lowest BCUT2D eigenvalue weighted by Crippen LogP contribution is -2.33. The molecule has 1 atom stereocenters. The molecular formula is C18H18F2N2O2S. The first-order chi connectivity index (χ1) is 12.1. The largest absolute Gasteiger partial charge is 0.481 e. The van der Waals surface area contributed by atoms with Gasteiger partial charge in [-0.3, -0.25) is 4.79 Å². The van der Waals surface area contributed by atoms with Gasteiger partial charge in [-0.1, -0.05) is 0 Å². The third-order valence-electron chi connectivity index (χ3n) is 4.13. The topological polar surface area (TPSA) is 42.4 Å². The zero-order valence-corrected chi connectivity index (χ0v) is 14.6. The predicted octanol–water partition coefficient (Wildman–Crippen LogP) is 3.69. The quantitative estimate of drug-likeness (QED) is 0.833. The summed E-state index contributed by atoms with van der Waals surface area (Å²) in [6.45, 7) is 1.04. The van der Waals surface area contributed by atoms with Gasteiger partial charge in [-0.2, -0.15) is 11.8 Å². The Bertz CT molecular complexity index is 755. The third kappa shape index (κ3) is 4.10. The molecule has 1 saturated heterocycles. The van der Waals surface area contributed by atoms with Crippen LogP contribution in [0.1, 0.15) is 27.6 Å². The number of hydrogen-bond acceptors (Lipinski definition) is 4. The SMILES string of the molecule is COc1ccc(C(=O)N2CCSC(c3cc(F)ccc3F)CC2)cn1. The maximum atomic E-state index is 14.0. The van der Waals surface area contributed by atoms with Crippen molar-refractivity contribution in [1.82, 2.24) is 9.88 Å². The molecule has 0 spiro atoms. The molecule has 0 aliphatic carbocycles. The summed E-state index contributed by atoms with van der Waals surface area (Å²) >= 11 is 1.55. The van der Waals surface area contributed by atoms with Crippen LogP contribution in [-0.2, 0) is 0 Å². The van der Waals surface area contributed by atoms with Gasteiger partial charge in [-0.25, -0.2) is 13.8 Å². The van der Waals surface area contributed by atoms with Gasteiger partial charge >= 0.3 is 0 Å². The molecule has 1 aromatic heterocycles. The molecule has 0 N–H and O–H groups in total. The van der Waals surface area contributed by atoms with Gasteiger partial charge in [-0.05, 0) is 30.7 Å². The summed E-state index contributed by atoms with van der Waals surface area (Å²) in [6, 6.07) is 6.84. The highest BCUT2D eigenvalue weighted by molar-refractivity contribution is 7.99. The van der Waals surface area contributed by atoms with E-state index in [1.807, 2.05) is 0 Å². The van der Waals surface area contributed by atoms with Gasteiger partial charge in [0.05, 0.1) is 12.7 Å². The first kappa shape index (κ1) is 17.7. The summed E-state index contributed by atoms with van der Waals surface area (Å²) in [5, 5.41) is -0.164. The van der Waals surface area contributed by atoms with E-state index in [2.05, 4.69) is 4.98 Å². The minimum atomic E-state index is -0.446. The molecule has 132 valence electrons. The number of rotatable bonds is 3. The average molecular weight is 364 g/mol. The number of aromatic nitrogens is 1. The normalized spacial score (nSPS) is 17.9. The van der Waals surface area contributed by atoms with Crippen LogP contribution >= 0.6 is 11.8 Å². The molecular weight excluding hydrogens is 346 g/mol. The van der Waals surface area contributed by atoms with Gasteiger partial charge in [0.2, 0.25) is 5.88 Å². The van der Waals surface area contributed by atoms with Crippen molar-refractivity contribution in [3.8, 4) is 5.88 Å². The monoisotopic (exact) mass is 364 g/mol. The van der Waals surface area contributed by atoms with Crippen molar-refractivity contribution in [2.75, 3.05) is 26.0 Å². The molecule has 2 heterocycles. The van der Waals surface area contributed by atoms with Crippen molar-refractivity contribution >= 4 is 17.7 Å². The Kier molecular flexibility index (Phi) is 5.53. The van der Waals surface area contributed by atoms with E-state index in [-0.39, 0.29) is 11.2 Å². The average Bonchev–Trinajstić information content (AvgIpc) is 2.89. The van der Waals surface area contributed by atoms with Gasteiger partial charge in [0.15, 0.2) is 0 Å². The van der Waals surface area contributed by atoms with Gasteiger partial charge in [0, 0.05) is 41.9 Å². The summed E-state index contributed by atoms with van der Waals surface area (Å²) in [5.74, 6) is 0.146. The van der Waals surface area contributed by atoms with E-state index in [9.17, 15) is 13.6 Å². The van der Waals surface area contributed by atoms with Gasteiger partial charge < -0.3 is 9.64 Å². The molecule has 0 radical (unpaired) electrons. The van der Waals surface area contributed by atoms with E-state index in [0.29, 0.717) is 42.3 Å². The van der Waals surface area contributed by atoms with E-state index in [0.717, 1.165) is 12.1 Å². The van der Waals surface area contributed by atoms with Crippen LogP contribution in [0.5, 0.6) is 5.88 Å². The Balaban J connectivity index is 1.70. The number of pyridine rings is 1. The maximum Gasteiger partial charge on any atom is 0.255 e. The van der Waals surface area contributed by atoms with Gasteiger partial charge in [-0.15, -0.1) is 0 Å². The fourth-order valence-corrected chi connectivity index (χ4v) is 4.04. The molecule has 3 rings (SSSR count). The number of methoxy groups -OCH3 is 1. The van der Waals surface area contributed by atoms with Crippen molar-refractivity contribution in [3.63, 3.8) is 0 Å². The third-order valence-corrected chi connectivity index (χ3v) is 5.44. The molecule has 1 aliphatic rings. The van der Waals surface area contributed by atoms with Crippen molar-refractivity contribution < 1.29 is 18.3 Å². The highest BCUT2D eigenvalue weighted by Crippen LogP contribution is 2.36. The molecule has 25 heavy (non-hydrogen) atoms. The molecule has 7 heteroatoms. The van der Waals surface area contributed by atoms with Gasteiger partial charge in [0.25, 0.3) is 5.91 Å². The lowest BCUT2D eigenvalue weighted by molar-refractivity contribution is 0.0766. The predicted molar refractivity (Wildman–Crippen MR) is 92.9 cm³/mol. The van der Waals surface area contributed by atoms with E-state index in [1.165, 1.54) is 19.4 Å². The Labute approximate surface area is 149 Å². The molecule has 1 aromatic carbocycles. The second-order valence-electron chi connectivity index (χ2n) is 5.70. The number of carbonyl (C=O) groups is 1. The fraction of sp³-hybridized carbons (Fsp3) is 0.333. The summed E-state index contributed by atoms with van der Waals surface area (Å²) < 4.78 is 32.4. The molecule has 1 aliphatic heterocycles. The summed E-state index contributed by atoms with van der Waals surface area (Å²) in [7, 11) is 1.52. The Morgan fingerprint density at radius 3 is 2.84 bits per heavy atom. The molecule has 2 aromatic rings. The summed E-state index contributed by atoms with van der Waals surface area (Å²) in [5.41, 5.74) is 0.853. The number of ether oxygens (including phenoxy) is 1. The number of nitrogens with zero attached hydrogens (tertiary/aromatic N) is 2. The lowest BCUT2D eigenvalue weighted by Gasteiger charge is -2.20. The number of benzene rings is 1. The lowest BCUT2D eigenvalue weighted by atomic mass is 10.1. The Hall–Kier alpha value is -2.15. The van der Waals surface area contributed by atoms with Crippen LogP contribution in [0.2, 0.25) is 0 Å². The first-order valence-corrected chi connectivity index (χ1v) is 8.99. The standard InChI is InChI=1S/C18H18F2N2O2S/c1-24-17-5-2-12(11-21-17)18(23)22-7-6-16(25-9-8-22)14-10-13(19)3-4-15(14)20/h2-5,10-11,16H,6-9H2,1H3. The number of halogens is 2. The van der Waals surface area contributed by atoms with Crippen molar-refractivity contribution in [2.45, 2.75) is 11.7 Å².